The monoisotopic (exact) mass is 325 g/mol. The maximum absolute atomic E-state index is 12.4. The average molecular weight is 326 g/mol. The van der Waals surface area contributed by atoms with E-state index in [1.54, 1.807) is 24.3 Å². The van der Waals surface area contributed by atoms with Crippen LogP contribution in [-0.2, 0) is 14.8 Å². The number of rotatable bonds is 4. The van der Waals surface area contributed by atoms with Crippen LogP contribution in [0.3, 0.4) is 0 Å². The van der Waals surface area contributed by atoms with Gasteiger partial charge in [0, 0.05) is 5.02 Å². The molecule has 21 heavy (non-hydrogen) atoms. The third kappa shape index (κ3) is 3.53. The van der Waals surface area contributed by atoms with Crippen molar-refractivity contribution in [2.24, 2.45) is 0 Å². The summed E-state index contributed by atoms with van der Waals surface area (Å²) in [6.45, 7) is 0. The summed E-state index contributed by atoms with van der Waals surface area (Å²) in [5.41, 5.74) is 0.275. The number of esters is 1. The van der Waals surface area contributed by atoms with E-state index in [1.807, 2.05) is 0 Å². The smallest absolute Gasteiger partial charge is 0.339 e. The number of hydrogen-bond acceptors (Lipinski definition) is 4. The van der Waals surface area contributed by atoms with Gasteiger partial charge < -0.3 is 4.74 Å². The van der Waals surface area contributed by atoms with Gasteiger partial charge in [-0.15, -0.1) is 0 Å². The Bertz CT molecular complexity index is 774. The summed E-state index contributed by atoms with van der Waals surface area (Å²) in [5, 5.41) is 0.399. The van der Waals surface area contributed by atoms with Crippen LogP contribution in [0.2, 0.25) is 5.02 Å². The van der Waals surface area contributed by atoms with Crippen LogP contribution in [0.5, 0.6) is 0 Å². The summed E-state index contributed by atoms with van der Waals surface area (Å²) >= 11 is 5.81. The number of anilines is 1. The molecule has 7 heteroatoms. The van der Waals surface area contributed by atoms with E-state index in [-0.39, 0.29) is 10.5 Å². The van der Waals surface area contributed by atoms with Gasteiger partial charge in [0.05, 0.1) is 18.4 Å². The molecule has 0 aliphatic rings. The second-order valence-corrected chi connectivity index (χ2v) is 6.19. The molecule has 0 heterocycles. The highest BCUT2D eigenvalue weighted by atomic mass is 35.5. The number of carbonyl (C=O) groups excluding carboxylic acids is 1. The lowest BCUT2D eigenvalue weighted by Crippen LogP contribution is -2.17. The van der Waals surface area contributed by atoms with Crippen molar-refractivity contribution in [1.82, 2.24) is 0 Å². The highest BCUT2D eigenvalue weighted by Crippen LogP contribution is 2.22. The molecule has 0 atom stereocenters. The van der Waals surface area contributed by atoms with E-state index in [0.29, 0.717) is 10.7 Å². The first-order valence-electron chi connectivity index (χ1n) is 5.90. The van der Waals surface area contributed by atoms with Crippen molar-refractivity contribution in [3.63, 3.8) is 0 Å². The second kappa shape index (κ2) is 6.15. The molecule has 0 unspecified atom stereocenters. The van der Waals surface area contributed by atoms with Crippen LogP contribution in [0, 0.1) is 0 Å². The molecular formula is C14H12ClNO4S. The van der Waals surface area contributed by atoms with Crippen LogP contribution in [0.1, 0.15) is 10.4 Å². The van der Waals surface area contributed by atoms with Gasteiger partial charge in [0.1, 0.15) is 4.90 Å². The zero-order chi connectivity index (χ0) is 15.5. The number of hydrogen-bond donors (Lipinski definition) is 1. The number of carbonyl (C=O) groups is 1. The van der Waals surface area contributed by atoms with E-state index in [2.05, 4.69) is 9.46 Å². The average Bonchev–Trinajstić information content (AvgIpc) is 2.46. The summed E-state index contributed by atoms with van der Waals surface area (Å²) in [6.07, 6.45) is 0. The summed E-state index contributed by atoms with van der Waals surface area (Å²) in [4.78, 5) is 11.5. The summed E-state index contributed by atoms with van der Waals surface area (Å²) < 4.78 is 31.7. The molecule has 0 radical (unpaired) electrons. The van der Waals surface area contributed by atoms with Crippen molar-refractivity contribution >= 4 is 33.3 Å². The Morgan fingerprint density at radius 2 is 1.86 bits per heavy atom. The van der Waals surface area contributed by atoms with E-state index < -0.39 is 16.0 Å². The molecule has 0 amide bonds. The van der Waals surface area contributed by atoms with Crippen LogP contribution in [0.4, 0.5) is 5.69 Å². The Morgan fingerprint density at radius 1 is 1.14 bits per heavy atom. The number of halogens is 1. The summed E-state index contributed by atoms with van der Waals surface area (Å²) in [6, 6.07) is 12.1. The Balaban J connectivity index is 2.43. The fraction of sp³-hybridized carbons (Fsp3) is 0.0714. The minimum atomic E-state index is -3.93. The number of benzene rings is 2. The van der Waals surface area contributed by atoms with Crippen molar-refractivity contribution in [3.05, 3.63) is 59.1 Å². The van der Waals surface area contributed by atoms with Gasteiger partial charge in [-0.2, -0.15) is 0 Å². The normalized spacial score (nSPS) is 11.0. The lowest BCUT2D eigenvalue weighted by atomic mass is 10.2. The first kappa shape index (κ1) is 15.3. The maximum Gasteiger partial charge on any atom is 0.339 e. The van der Waals surface area contributed by atoms with Gasteiger partial charge in [-0.25, -0.2) is 13.2 Å². The fourth-order valence-corrected chi connectivity index (χ4v) is 3.18. The van der Waals surface area contributed by atoms with Gasteiger partial charge in [-0.1, -0.05) is 29.8 Å². The molecule has 0 bridgehead atoms. The van der Waals surface area contributed by atoms with Crippen LogP contribution >= 0.6 is 11.6 Å². The molecule has 2 rings (SSSR count). The van der Waals surface area contributed by atoms with Crippen molar-refractivity contribution in [3.8, 4) is 0 Å². The molecule has 5 nitrogen and oxygen atoms in total. The summed E-state index contributed by atoms with van der Waals surface area (Å²) in [5.74, 6) is -0.720. The molecule has 0 aromatic heterocycles. The first-order chi connectivity index (χ1) is 9.94. The Kier molecular flexibility index (Phi) is 4.50. The van der Waals surface area contributed by atoms with Crippen LogP contribution in [-0.4, -0.2) is 21.5 Å². The number of methoxy groups -OCH3 is 1. The number of sulfonamides is 1. The Labute approximate surface area is 127 Å². The highest BCUT2D eigenvalue weighted by Gasteiger charge is 2.22. The van der Waals surface area contributed by atoms with E-state index in [4.69, 9.17) is 11.6 Å². The quantitative estimate of drug-likeness (QED) is 0.877. The lowest BCUT2D eigenvalue weighted by Gasteiger charge is -2.11. The molecule has 0 saturated heterocycles. The zero-order valence-corrected chi connectivity index (χ0v) is 12.6. The SMILES string of the molecule is COC(=O)c1ccccc1S(=O)(=O)Nc1cccc(Cl)c1. The van der Waals surface area contributed by atoms with Gasteiger partial charge in [-0.3, -0.25) is 4.72 Å². The molecule has 1 N–H and O–H groups in total. The molecule has 0 aliphatic carbocycles. The topological polar surface area (TPSA) is 72.5 Å². The number of nitrogens with one attached hydrogen (secondary N) is 1. The van der Waals surface area contributed by atoms with Gasteiger partial charge in [0.25, 0.3) is 10.0 Å². The molecule has 110 valence electrons. The molecule has 0 aliphatic heterocycles. The first-order valence-corrected chi connectivity index (χ1v) is 7.76. The van der Waals surface area contributed by atoms with E-state index >= 15 is 0 Å². The van der Waals surface area contributed by atoms with Gasteiger partial charge in [0.15, 0.2) is 0 Å². The zero-order valence-electron chi connectivity index (χ0n) is 11.0. The Hall–Kier alpha value is -2.05. The van der Waals surface area contributed by atoms with Crippen molar-refractivity contribution < 1.29 is 17.9 Å². The van der Waals surface area contributed by atoms with Gasteiger partial charge in [0.2, 0.25) is 0 Å². The van der Waals surface area contributed by atoms with Crippen molar-refractivity contribution in [1.29, 1.82) is 0 Å². The van der Waals surface area contributed by atoms with E-state index in [9.17, 15) is 13.2 Å². The predicted molar refractivity (Wildman–Crippen MR) is 80.0 cm³/mol. The Morgan fingerprint density at radius 3 is 2.52 bits per heavy atom. The molecule has 2 aromatic carbocycles. The van der Waals surface area contributed by atoms with E-state index in [0.717, 1.165) is 0 Å². The second-order valence-electron chi connectivity index (χ2n) is 4.10. The standard InChI is InChI=1S/C14H12ClNO4S/c1-20-14(17)12-7-2-3-8-13(12)21(18,19)16-11-6-4-5-10(15)9-11/h2-9,16H,1H3. The minimum Gasteiger partial charge on any atom is -0.465 e. The third-order valence-electron chi connectivity index (χ3n) is 2.66. The number of ether oxygens (including phenoxy) is 1. The third-order valence-corrected chi connectivity index (χ3v) is 4.33. The predicted octanol–water partition coefficient (Wildman–Crippen LogP) is 2.93. The molecule has 0 spiro atoms. The minimum absolute atomic E-state index is 0.0328. The molecular weight excluding hydrogens is 314 g/mol. The van der Waals surface area contributed by atoms with Gasteiger partial charge >= 0.3 is 5.97 Å². The van der Waals surface area contributed by atoms with Crippen LogP contribution < -0.4 is 4.72 Å². The molecule has 2 aromatic rings. The van der Waals surface area contributed by atoms with Crippen molar-refractivity contribution in [2.45, 2.75) is 4.90 Å². The lowest BCUT2D eigenvalue weighted by molar-refractivity contribution is 0.0596. The van der Waals surface area contributed by atoms with Gasteiger partial charge in [-0.05, 0) is 30.3 Å². The van der Waals surface area contributed by atoms with E-state index in [1.165, 1.54) is 31.4 Å². The molecule has 0 saturated carbocycles. The van der Waals surface area contributed by atoms with Crippen molar-refractivity contribution in [2.75, 3.05) is 11.8 Å². The summed E-state index contributed by atoms with van der Waals surface area (Å²) in [7, 11) is -2.73. The van der Waals surface area contributed by atoms with Crippen LogP contribution in [0.15, 0.2) is 53.4 Å². The maximum atomic E-state index is 12.4. The highest BCUT2D eigenvalue weighted by molar-refractivity contribution is 7.92. The largest absolute Gasteiger partial charge is 0.465 e. The fourth-order valence-electron chi connectivity index (χ4n) is 1.74. The molecule has 0 fully saturated rings. The van der Waals surface area contributed by atoms with Crippen LogP contribution in [0.25, 0.3) is 0 Å².